The lowest BCUT2D eigenvalue weighted by atomic mass is 10.1. The van der Waals surface area contributed by atoms with E-state index < -0.39 is 10.0 Å². The van der Waals surface area contributed by atoms with Crippen LogP contribution in [0.4, 0.5) is 5.69 Å². The second kappa shape index (κ2) is 8.31. The van der Waals surface area contributed by atoms with E-state index in [9.17, 15) is 13.2 Å². The maximum atomic E-state index is 12.5. The van der Waals surface area contributed by atoms with Crippen LogP contribution in [0.3, 0.4) is 0 Å². The summed E-state index contributed by atoms with van der Waals surface area (Å²) in [6.45, 7) is 0.456. The molecule has 26 heavy (non-hydrogen) atoms. The van der Waals surface area contributed by atoms with Gasteiger partial charge in [-0.1, -0.05) is 17.0 Å². The highest BCUT2D eigenvalue weighted by molar-refractivity contribution is 7.89. The molecule has 0 saturated heterocycles. The number of nitrogens with zero attached hydrogens (tertiary/aromatic N) is 2. The van der Waals surface area contributed by atoms with Crippen LogP contribution < -0.4 is 9.79 Å². The number of benzene rings is 2. The topological polar surface area (TPSA) is 78.9 Å². The van der Waals surface area contributed by atoms with Crippen molar-refractivity contribution < 1.29 is 18.0 Å². The van der Waals surface area contributed by atoms with Crippen molar-refractivity contribution in [3.63, 3.8) is 0 Å². The van der Waals surface area contributed by atoms with Crippen molar-refractivity contribution in [2.45, 2.75) is 11.4 Å². The average Bonchev–Trinajstić information content (AvgIpc) is 2.61. The molecule has 0 fully saturated rings. The number of rotatable bonds is 7. The Labute approximate surface area is 154 Å². The Balaban J connectivity index is 2.08. The smallest absolute Gasteiger partial charge is 0.262 e. The van der Waals surface area contributed by atoms with E-state index in [0.29, 0.717) is 12.1 Å². The molecule has 2 aromatic carbocycles. The van der Waals surface area contributed by atoms with E-state index in [1.54, 1.807) is 11.9 Å². The van der Waals surface area contributed by atoms with Gasteiger partial charge in [-0.3, -0.25) is 9.63 Å². The molecule has 0 bridgehead atoms. The molecule has 0 heterocycles. The summed E-state index contributed by atoms with van der Waals surface area (Å²) in [5.74, 6) is -0.190. The fraction of sp³-hybridized carbons (Fsp3) is 0.278. The summed E-state index contributed by atoms with van der Waals surface area (Å²) in [5.41, 5.74) is 2.51. The van der Waals surface area contributed by atoms with Crippen LogP contribution >= 0.6 is 0 Å². The van der Waals surface area contributed by atoms with Crippen LogP contribution in [-0.4, -0.2) is 47.5 Å². The molecule has 2 rings (SSSR count). The summed E-state index contributed by atoms with van der Waals surface area (Å²) < 4.78 is 23.7. The van der Waals surface area contributed by atoms with Crippen LogP contribution in [0, 0.1) is 0 Å². The lowest BCUT2D eigenvalue weighted by Crippen LogP contribution is -2.26. The summed E-state index contributed by atoms with van der Waals surface area (Å²) in [6, 6.07) is 13.7. The third-order valence-electron chi connectivity index (χ3n) is 3.82. The Bertz CT molecular complexity index is 847. The van der Waals surface area contributed by atoms with E-state index in [4.69, 9.17) is 0 Å². The van der Waals surface area contributed by atoms with Crippen molar-refractivity contribution in [3.05, 3.63) is 59.7 Å². The summed E-state index contributed by atoms with van der Waals surface area (Å²) in [7, 11) is 3.13. The van der Waals surface area contributed by atoms with Gasteiger partial charge in [0.25, 0.3) is 15.9 Å². The highest BCUT2D eigenvalue weighted by Crippen LogP contribution is 2.16. The predicted molar refractivity (Wildman–Crippen MR) is 100 cm³/mol. The van der Waals surface area contributed by atoms with E-state index >= 15 is 0 Å². The molecule has 0 aromatic heterocycles. The minimum atomic E-state index is -3.73. The molecule has 0 aliphatic heterocycles. The van der Waals surface area contributed by atoms with E-state index in [0.717, 1.165) is 11.3 Å². The molecule has 0 atom stereocenters. The molecule has 0 saturated carbocycles. The summed E-state index contributed by atoms with van der Waals surface area (Å²) in [6.07, 6.45) is 0. The monoisotopic (exact) mass is 377 g/mol. The van der Waals surface area contributed by atoms with Gasteiger partial charge in [0.1, 0.15) is 0 Å². The molecule has 1 amide bonds. The summed E-state index contributed by atoms with van der Waals surface area (Å²) in [4.78, 5) is 22.5. The molecule has 1 N–H and O–H groups in total. The third-order valence-corrected chi connectivity index (χ3v) is 5.10. The van der Waals surface area contributed by atoms with Gasteiger partial charge in [-0.15, -0.1) is 0 Å². The number of carbonyl (C=O) groups is 1. The first-order chi connectivity index (χ1) is 12.2. The SMILES string of the molecule is CONS(=O)(=O)c1ccc(C(=O)N(C)Cc2ccc(N(C)C)cc2)cc1. The quantitative estimate of drug-likeness (QED) is 0.745. The Kier molecular flexibility index (Phi) is 6.36. The second-order valence-electron chi connectivity index (χ2n) is 6.04. The molecule has 0 aliphatic rings. The number of nitrogens with one attached hydrogen (secondary N) is 1. The second-order valence-corrected chi connectivity index (χ2v) is 7.68. The van der Waals surface area contributed by atoms with Crippen molar-refractivity contribution in [2.75, 3.05) is 33.2 Å². The first-order valence-electron chi connectivity index (χ1n) is 7.91. The van der Waals surface area contributed by atoms with Gasteiger partial charge in [0.05, 0.1) is 12.0 Å². The number of hydrogen-bond donors (Lipinski definition) is 1. The van der Waals surface area contributed by atoms with Crippen LogP contribution in [0.1, 0.15) is 15.9 Å². The molecule has 0 spiro atoms. The molecule has 140 valence electrons. The van der Waals surface area contributed by atoms with Gasteiger partial charge in [-0.2, -0.15) is 0 Å². The highest BCUT2D eigenvalue weighted by atomic mass is 32.2. The van der Waals surface area contributed by atoms with Crippen molar-refractivity contribution in [3.8, 4) is 0 Å². The van der Waals surface area contributed by atoms with E-state index in [1.807, 2.05) is 48.1 Å². The predicted octanol–water partition coefficient (Wildman–Crippen LogP) is 1.86. The molecule has 2 aromatic rings. The number of hydrogen-bond acceptors (Lipinski definition) is 5. The van der Waals surface area contributed by atoms with Crippen molar-refractivity contribution >= 4 is 21.6 Å². The highest BCUT2D eigenvalue weighted by Gasteiger charge is 2.16. The van der Waals surface area contributed by atoms with Crippen LogP contribution in [-0.2, 0) is 21.4 Å². The van der Waals surface area contributed by atoms with Crippen LogP contribution in [0.25, 0.3) is 0 Å². The van der Waals surface area contributed by atoms with Crippen LogP contribution in [0.5, 0.6) is 0 Å². The largest absolute Gasteiger partial charge is 0.378 e. The molecule has 0 unspecified atom stereocenters. The number of sulfonamides is 1. The zero-order chi connectivity index (χ0) is 19.3. The molecule has 0 aliphatic carbocycles. The Morgan fingerprint density at radius 3 is 2.08 bits per heavy atom. The van der Waals surface area contributed by atoms with Crippen molar-refractivity contribution in [1.29, 1.82) is 0 Å². The molecule has 0 radical (unpaired) electrons. The van der Waals surface area contributed by atoms with Crippen molar-refractivity contribution in [1.82, 2.24) is 9.79 Å². The normalized spacial score (nSPS) is 11.2. The maximum Gasteiger partial charge on any atom is 0.262 e. The third kappa shape index (κ3) is 4.81. The first kappa shape index (κ1) is 19.9. The minimum Gasteiger partial charge on any atom is -0.378 e. The van der Waals surface area contributed by atoms with Gasteiger partial charge in [0, 0.05) is 38.9 Å². The Morgan fingerprint density at radius 2 is 1.58 bits per heavy atom. The molecule has 7 nitrogen and oxygen atoms in total. The summed E-state index contributed by atoms with van der Waals surface area (Å²) in [5, 5.41) is 0. The van der Waals surface area contributed by atoms with Gasteiger partial charge in [-0.05, 0) is 42.0 Å². The zero-order valence-corrected chi connectivity index (χ0v) is 16.1. The zero-order valence-electron chi connectivity index (χ0n) is 15.3. The van der Waals surface area contributed by atoms with Gasteiger partial charge < -0.3 is 9.80 Å². The first-order valence-corrected chi connectivity index (χ1v) is 9.39. The lowest BCUT2D eigenvalue weighted by Gasteiger charge is -2.18. The maximum absolute atomic E-state index is 12.5. The summed E-state index contributed by atoms with van der Waals surface area (Å²) >= 11 is 0. The van der Waals surface area contributed by atoms with Gasteiger partial charge in [0.15, 0.2) is 0 Å². The van der Waals surface area contributed by atoms with Gasteiger partial charge in [-0.25, -0.2) is 8.42 Å². The van der Waals surface area contributed by atoms with E-state index in [1.165, 1.54) is 31.4 Å². The molecular weight excluding hydrogens is 354 g/mol. The van der Waals surface area contributed by atoms with Gasteiger partial charge >= 0.3 is 0 Å². The van der Waals surface area contributed by atoms with Crippen LogP contribution in [0.2, 0.25) is 0 Å². The Hall–Kier alpha value is -2.42. The number of anilines is 1. The van der Waals surface area contributed by atoms with E-state index in [2.05, 4.69) is 4.84 Å². The van der Waals surface area contributed by atoms with Crippen molar-refractivity contribution in [2.24, 2.45) is 0 Å². The fourth-order valence-corrected chi connectivity index (χ4v) is 3.21. The lowest BCUT2D eigenvalue weighted by molar-refractivity contribution is 0.0785. The minimum absolute atomic E-state index is 0.0258. The standard InChI is InChI=1S/C18H23N3O4S/c1-20(2)16-9-5-14(6-10-16)13-21(3)18(22)15-7-11-17(12-8-15)26(23,24)19-25-4/h5-12,19H,13H2,1-4H3. The van der Waals surface area contributed by atoms with Gasteiger partial charge in [0.2, 0.25) is 0 Å². The van der Waals surface area contributed by atoms with Crippen LogP contribution in [0.15, 0.2) is 53.4 Å². The number of amides is 1. The molecule has 8 heteroatoms. The Morgan fingerprint density at radius 1 is 1.00 bits per heavy atom. The average molecular weight is 377 g/mol. The number of carbonyl (C=O) groups excluding carboxylic acids is 1. The fourth-order valence-electron chi connectivity index (χ4n) is 2.40. The molecular formula is C18H23N3O4S. The van der Waals surface area contributed by atoms with E-state index in [-0.39, 0.29) is 10.8 Å².